The first-order valence-corrected chi connectivity index (χ1v) is 7.70. The van der Waals surface area contributed by atoms with Crippen LogP contribution in [-0.2, 0) is 11.2 Å². The van der Waals surface area contributed by atoms with Gasteiger partial charge in [-0.25, -0.2) is 0 Å². The third-order valence-electron chi connectivity index (χ3n) is 4.28. The fourth-order valence-corrected chi connectivity index (χ4v) is 3.11. The maximum absolute atomic E-state index is 12.2. The zero-order valence-corrected chi connectivity index (χ0v) is 12.9. The normalized spacial score (nSPS) is 22.5. The van der Waals surface area contributed by atoms with Crippen LogP contribution in [0.25, 0.3) is 0 Å². The van der Waals surface area contributed by atoms with Crippen LogP contribution in [0.1, 0.15) is 45.1 Å². The molecule has 0 saturated heterocycles. The van der Waals surface area contributed by atoms with Crippen LogP contribution in [0, 0.1) is 5.41 Å². The molecule has 0 spiro atoms. The van der Waals surface area contributed by atoms with Crippen LogP contribution in [0.2, 0.25) is 0 Å². The Kier molecular flexibility index (Phi) is 4.88. The molecule has 0 aliphatic heterocycles. The molecule has 1 saturated carbocycles. The predicted octanol–water partition coefficient (Wildman–Crippen LogP) is 2.35. The average Bonchev–Trinajstić information content (AvgIpc) is 2.40. The molecule has 1 aliphatic carbocycles. The lowest BCUT2D eigenvalue weighted by Gasteiger charge is -2.36. The van der Waals surface area contributed by atoms with Crippen molar-refractivity contribution in [2.45, 2.75) is 58.0 Å². The van der Waals surface area contributed by atoms with Crippen LogP contribution in [-0.4, -0.2) is 23.1 Å². The number of hydrogen-bond donors (Lipinski definition) is 3. The van der Waals surface area contributed by atoms with E-state index in [0.29, 0.717) is 11.8 Å². The van der Waals surface area contributed by atoms with Gasteiger partial charge in [0.05, 0.1) is 6.04 Å². The summed E-state index contributed by atoms with van der Waals surface area (Å²) in [5.74, 6) is 0.145. The predicted molar refractivity (Wildman–Crippen MR) is 84.0 cm³/mol. The molecule has 2 atom stereocenters. The van der Waals surface area contributed by atoms with Crippen molar-refractivity contribution in [1.29, 1.82) is 0 Å². The Labute approximate surface area is 126 Å². The number of carbonyl (C=O) groups is 1. The van der Waals surface area contributed by atoms with E-state index in [1.807, 2.05) is 0 Å². The minimum absolute atomic E-state index is 0.0780. The molecule has 1 aromatic rings. The minimum Gasteiger partial charge on any atom is -0.508 e. The molecular formula is C17H26N2O2. The number of phenolic OH excluding ortho intramolecular Hbond substituents is 1. The average molecular weight is 290 g/mol. The molecule has 21 heavy (non-hydrogen) atoms. The molecule has 0 aromatic heterocycles. The molecule has 0 radical (unpaired) electrons. The topological polar surface area (TPSA) is 75.4 Å². The standard InChI is InChI=1S/C17H26N2O2/c1-17(2)9-3-4-13(11-17)19-16(21)15(18)10-12-5-7-14(20)8-6-12/h5-8,13,15,20H,3-4,9-11,18H2,1-2H3,(H,19,21)/t13?,15-/m0/s1. The van der Waals surface area contributed by atoms with E-state index in [1.165, 1.54) is 6.42 Å². The van der Waals surface area contributed by atoms with Gasteiger partial charge in [0.1, 0.15) is 5.75 Å². The zero-order chi connectivity index (χ0) is 15.5. The van der Waals surface area contributed by atoms with Gasteiger partial charge in [0.15, 0.2) is 0 Å². The quantitative estimate of drug-likeness (QED) is 0.796. The van der Waals surface area contributed by atoms with Crippen LogP contribution in [0.3, 0.4) is 0 Å². The highest BCUT2D eigenvalue weighted by Crippen LogP contribution is 2.35. The summed E-state index contributed by atoms with van der Waals surface area (Å²) in [6.07, 6.45) is 4.93. The molecular weight excluding hydrogens is 264 g/mol. The van der Waals surface area contributed by atoms with Gasteiger partial charge in [-0.1, -0.05) is 32.4 Å². The molecule has 2 rings (SSSR count). The van der Waals surface area contributed by atoms with Gasteiger partial charge in [0, 0.05) is 6.04 Å². The van der Waals surface area contributed by atoms with Crippen LogP contribution >= 0.6 is 0 Å². The molecule has 0 bridgehead atoms. The van der Waals surface area contributed by atoms with Crippen molar-refractivity contribution >= 4 is 5.91 Å². The number of benzene rings is 1. The molecule has 1 aromatic carbocycles. The first-order valence-electron chi connectivity index (χ1n) is 7.70. The molecule has 1 aliphatic rings. The van der Waals surface area contributed by atoms with Gasteiger partial charge >= 0.3 is 0 Å². The third kappa shape index (κ3) is 4.74. The van der Waals surface area contributed by atoms with Gasteiger partial charge in [-0.2, -0.15) is 0 Å². The van der Waals surface area contributed by atoms with E-state index in [1.54, 1.807) is 24.3 Å². The number of amides is 1. The van der Waals surface area contributed by atoms with E-state index in [2.05, 4.69) is 19.2 Å². The summed E-state index contributed by atoms with van der Waals surface area (Å²) >= 11 is 0. The fourth-order valence-electron chi connectivity index (χ4n) is 3.11. The van der Waals surface area contributed by atoms with Gasteiger partial charge in [0.25, 0.3) is 0 Å². The molecule has 0 heterocycles. The van der Waals surface area contributed by atoms with Gasteiger partial charge in [0.2, 0.25) is 5.91 Å². The smallest absolute Gasteiger partial charge is 0.237 e. The Bertz CT molecular complexity index is 482. The Hall–Kier alpha value is -1.55. The largest absolute Gasteiger partial charge is 0.508 e. The maximum Gasteiger partial charge on any atom is 0.237 e. The Morgan fingerprint density at radius 2 is 2.10 bits per heavy atom. The minimum atomic E-state index is -0.542. The third-order valence-corrected chi connectivity index (χ3v) is 4.28. The highest BCUT2D eigenvalue weighted by Gasteiger charge is 2.29. The van der Waals surface area contributed by atoms with Gasteiger partial charge in [-0.15, -0.1) is 0 Å². The highest BCUT2D eigenvalue weighted by atomic mass is 16.3. The Morgan fingerprint density at radius 1 is 1.43 bits per heavy atom. The van der Waals surface area contributed by atoms with Crippen LogP contribution in [0.4, 0.5) is 0 Å². The van der Waals surface area contributed by atoms with Gasteiger partial charge in [-0.05, 0) is 48.8 Å². The van der Waals surface area contributed by atoms with Crippen molar-refractivity contribution in [2.75, 3.05) is 0 Å². The fraction of sp³-hybridized carbons (Fsp3) is 0.588. The molecule has 1 amide bonds. The Balaban J connectivity index is 1.86. The second-order valence-corrected chi connectivity index (χ2v) is 6.94. The van der Waals surface area contributed by atoms with Crippen LogP contribution < -0.4 is 11.1 Å². The summed E-state index contributed by atoms with van der Waals surface area (Å²) in [6.45, 7) is 4.50. The van der Waals surface area contributed by atoms with Crippen molar-refractivity contribution in [3.63, 3.8) is 0 Å². The first-order chi connectivity index (χ1) is 9.85. The molecule has 1 fully saturated rings. The zero-order valence-electron chi connectivity index (χ0n) is 12.9. The van der Waals surface area contributed by atoms with Crippen molar-refractivity contribution in [3.05, 3.63) is 29.8 Å². The number of nitrogens with two attached hydrogens (primary N) is 1. The van der Waals surface area contributed by atoms with Crippen molar-refractivity contribution in [3.8, 4) is 5.75 Å². The number of aromatic hydroxyl groups is 1. The van der Waals surface area contributed by atoms with Crippen molar-refractivity contribution < 1.29 is 9.90 Å². The summed E-state index contributed by atoms with van der Waals surface area (Å²) in [7, 11) is 0. The summed E-state index contributed by atoms with van der Waals surface area (Å²) < 4.78 is 0. The van der Waals surface area contributed by atoms with E-state index in [-0.39, 0.29) is 17.7 Å². The van der Waals surface area contributed by atoms with Crippen molar-refractivity contribution in [2.24, 2.45) is 11.1 Å². The molecule has 4 nitrogen and oxygen atoms in total. The van der Waals surface area contributed by atoms with Gasteiger partial charge in [-0.3, -0.25) is 4.79 Å². The Morgan fingerprint density at radius 3 is 2.71 bits per heavy atom. The van der Waals surface area contributed by atoms with E-state index >= 15 is 0 Å². The highest BCUT2D eigenvalue weighted by molar-refractivity contribution is 5.82. The number of carbonyl (C=O) groups excluding carboxylic acids is 1. The van der Waals surface area contributed by atoms with Crippen LogP contribution in [0.15, 0.2) is 24.3 Å². The van der Waals surface area contributed by atoms with E-state index in [4.69, 9.17) is 5.73 Å². The summed E-state index contributed by atoms with van der Waals surface area (Å²) in [5.41, 5.74) is 7.26. The number of phenols is 1. The molecule has 1 unspecified atom stereocenters. The second kappa shape index (κ2) is 6.48. The molecule has 4 N–H and O–H groups in total. The number of rotatable bonds is 4. The number of nitrogens with one attached hydrogen (secondary N) is 1. The monoisotopic (exact) mass is 290 g/mol. The molecule has 116 valence electrons. The van der Waals surface area contributed by atoms with E-state index in [9.17, 15) is 9.90 Å². The van der Waals surface area contributed by atoms with Gasteiger partial charge < -0.3 is 16.2 Å². The lowest BCUT2D eigenvalue weighted by molar-refractivity contribution is -0.123. The summed E-state index contributed by atoms with van der Waals surface area (Å²) in [6, 6.07) is 6.53. The summed E-state index contributed by atoms with van der Waals surface area (Å²) in [4.78, 5) is 12.2. The summed E-state index contributed by atoms with van der Waals surface area (Å²) in [5, 5.41) is 12.3. The van der Waals surface area contributed by atoms with Crippen LogP contribution in [0.5, 0.6) is 5.75 Å². The lowest BCUT2D eigenvalue weighted by Crippen LogP contribution is -2.48. The van der Waals surface area contributed by atoms with Crippen molar-refractivity contribution in [1.82, 2.24) is 5.32 Å². The van der Waals surface area contributed by atoms with E-state index < -0.39 is 6.04 Å². The number of hydrogen-bond acceptors (Lipinski definition) is 3. The first kappa shape index (κ1) is 15.8. The van der Waals surface area contributed by atoms with E-state index in [0.717, 1.165) is 24.8 Å². The SMILES string of the molecule is CC1(C)CCCC(NC(=O)[C@@H](N)Cc2ccc(O)cc2)C1. The molecule has 4 heteroatoms. The lowest BCUT2D eigenvalue weighted by atomic mass is 9.75. The maximum atomic E-state index is 12.2. The second-order valence-electron chi connectivity index (χ2n) is 6.94.